The van der Waals surface area contributed by atoms with Gasteiger partial charge in [-0.05, 0) is 38.9 Å². The predicted molar refractivity (Wildman–Crippen MR) is 74.7 cm³/mol. The highest BCUT2D eigenvalue weighted by Gasteiger charge is 2.35. The smallest absolute Gasteiger partial charge is 0.242 e. The van der Waals surface area contributed by atoms with Crippen molar-refractivity contribution in [2.45, 2.75) is 50.8 Å². The largest absolute Gasteiger partial charge is 0.376 e. The second-order valence-corrected chi connectivity index (χ2v) is 6.98. The first-order valence-corrected chi connectivity index (χ1v) is 7.93. The Morgan fingerprint density at radius 1 is 1.50 bits per heavy atom. The second-order valence-electron chi connectivity index (χ2n) is 5.83. The van der Waals surface area contributed by atoms with Crippen molar-refractivity contribution in [3.63, 3.8) is 0 Å². The number of rotatable bonds is 4. The van der Waals surface area contributed by atoms with Crippen molar-refractivity contribution in [1.82, 2.24) is 4.90 Å². The van der Waals surface area contributed by atoms with Gasteiger partial charge in [0, 0.05) is 24.9 Å². The van der Waals surface area contributed by atoms with Crippen LogP contribution < -0.4 is 5.73 Å². The molecule has 18 heavy (non-hydrogen) atoms. The van der Waals surface area contributed by atoms with Crippen molar-refractivity contribution >= 4 is 17.7 Å². The van der Waals surface area contributed by atoms with Gasteiger partial charge in [-0.15, -0.1) is 0 Å². The Morgan fingerprint density at radius 3 is 2.78 bits per heavy atom. The molecule has 0 aliphatic carbocycles. The van der Waals surface area contributed by atoms with E-state index in [1.54, 1.807) is 13.8 Å². The molecule has 1 amide bonds. The minimum atomic E-state index is -0.786. The zero-order valence-corrected chi connectivity index (χ0v) is 12.2. The van der Waals surface area contributed by atoms with Crippen LogP contribution >= 0.6 is 11.8 Å². The minimum absolute atomic E-state index is 0.0606. The topological polar surface area (TPSA) is 55.6 Å². The molecule has 0 aromatic rings. The van der Waals surface area contributed by atoms with Crippen LogP contribution in [0.4, 0.5) is 0 Å². The molecular weight excluding hydrogens is 248 g/mol. The molecule has 2 N–H and O–H groups in total. The Bertz CT molecular complexity index is 292. The summed E-state index contributed by atoms with van der Waals surface area (Å²) in [5, 5.41) is 0. The number of nitrogens with two attached hydrogens (primary N) is 1. The van der Waals surface area contributed by atoms with Crippen LogP contribution in [-0.2, 0) is 9.53 Å². The highest BCUT2D eigenvalue weighted by Crippen LogP contribution is 2.26. The Labute approximate surface area is 114 Å². The zero-order chi connectivity index (χ0) is 13.2. The molecule has 0 spiro atoms. The Kier molecular flexibility index (Phi) is 4.56. The molecule has 2 unspecified atom stereocenters. The summed E-state index contributed by atoms with van der Waals surface area (Å²) in [6.07, 6.45) is 3.47. The zero-order valence-electron chi connectivity index (χ0n) is 11.4. The van der Waals surface area contributed by atoms with E-state index >= 15 is 0 Å². The van der Waals surface area contributed by atoms with Gasteiger partial charge in [0.15, 0.2) is 0 Å². The number of ether oxygens (including phenoxy) is 1. The fourth-order valence-electron chi connectivity index (χ4n) is 2.54. The maximum absolute atomic E-state index is 12.5. The summed E-state index contributed by atoms with van der Waals surface area (Å²) in [6.45, 7) is 5.13. The highest BCUT2D eigenvalue weighted by atomic mass is 32.2. The molecule has 2 rings (SSSR count). The molecule has 0 saturated carbocycles. The van der Waals surface area contributed by atoms with Gasteiger partial charge >= 0.3 is 0 Å². The van der Waals surface area contributed by atoms with Crippen LogP contribution in [0.5, 0.6) is 0 Å². The Morgan fingerprint density at radius 2 is 2.28 bits per heavy atom. The molecule has 2 fully saturated rings. The van der Waals surface area contributed by atoms with Gasteiger partial charge in [0.2, 0.25) is 5.91 Å². The molecular formula is C13H24N2O2S. The van der Waals surface area contributed by atoms with Crippen LogP contribution in [0, 0.1) is 0 Å². The van der Waals surface area contributed by atoms with E-state index in [2.05, 4.69) is 0 Å². The summed E-state index contributed by atoms with van der Waals surface area (Å²) in [6, 6.07) is 0.342. The van der Waals surface area contributed by atoms with E-state index in [-0.39, 0.29) is 12.0 Å². The molecule has 104 valence electrons. The number of carbonyl (C=O) groups excluding carboxylic acids is 1. The summed E-state index contributed by atoms with van der Waals surface area (Å²) in [7, 11) is 0. The summed E-state index contributed by atoms with van der Waals surface area (Å²) in [4.78, 5) is 14.5. The van der Waals surface area contributed by atoms with Gasteiger partial charge in [-0.2, -0.15) is 11.8 Å². The highest BCUT2D eigenvalue weighted by molar-refractivity contribution is 7.99. The lowest BCUT2D eigenvalue weighted by Crippen LogP contribution is -2.56. The van der Waals surface area contributed by atoms with Crippen molar-refractivity contribution in [1.29, 1.82) is 0 Å². The fourth-order valence-corrected chi connectivity index (χ4v) is 3.77. The summed E-state index contributed by atoms with van der Waals surface area (Å²) >= 11 is 1.92. The average Bonchev–Trinajstić information content (AvgIpc) is 2.96. The van der Waals surface area contributed by atoms with Gasteiger partial charge < -0.3 is 15.4 Å². The van der Waals surface area contributed by atoms with Crippen molar-refractivity contribution < 1.29 is 9.53 Å². The van der Waals surface area contributed by atoms with Crippen LogP contribution in [0.1, 0.15) is 33.1 Å². The van der Waals surface area contributed by atoms with Gasteiger partial charge in [-0.1, -0.05) is 0 Å². The van der Waals surface area contributed by atoms with Gasteiger partial charge in [-0.25, -0.2) is 0 Å². The lowest BCUT2D eigenvalue weighted by Gasteiger charge is -2.35. The summed E-state index contributed by atoms with van der Waals surface area (Å²) < 4.78 is 5.66. The van der Waals surface area contributed by atoms with Crippen molar-refractivity contribution in [3.05, 3.63) is 0 Å². The summed E-state index contributed by atoms with van der Waals surface area (Å²) in [5.74, 6) is 2.24. The lowest BCUT2D eigenvalue weighted by atomic mass is 10.0. The third-order valence-electron chi connectivity index (χ3n) is 3.58. The summed E-state index contributed by atoms with van der Waals surface area (Å²) in [5.41, 5.74) is 5.20. The minimum Gasteiger partial charge on any atom is -0.376 e. The molecule has 2 saturated heterocycles. The lowest BCUT2D eigenvalue weighted by molar-refractivity contribution is -0.139. The van der Waals surface area contributed by atoms with Gasteiger partial charge in [0.25, 0.3) is 0 Å². The van der Waals surface area contributed by atoms with Crippen molar-refractivity contribution in [3.8, 4) is 0 Å². The fraction of sp³-hybridized carbons (Fsp3) is 0.923. The Balaban J connectivity index is 2.03. The first kappa shape index (κ1) is 14.2. The van der Waals surface area contributed by atoms with Crippen molar-refractivity contribution in [2.75, 3.05) is 24.7 Å². The maximum atomic E-state index is 12.5. The number of hydrogen-bond donors (Lipinski definition) is 1. The molecule has 2 heterocycles. The predicted octanol–water partition coefficient (Wildman–Crippen LogP) is 1.24. The van der Waals surface area contributed by atoms with Crippen molar-refractivity contribution in [2.24, 2.45) is 5.73 Å². The third-order valence-corrected chi connectivity index (χ3v) is 4.73. The number of amides is 1. The molecule has 4 nitrogen and oxygen atoms in total. The second kappa shape index (κ2) is 5.80. The third kappa shape index (κ3) is 3.39. The van der Waals surface area contributed by atoms with Crippen LogP contribution in [0.2, 0.25) is 0 Å². The standard InChI is InChI=1S/C13H24N2O2S/c1-13(2,14)12(16)15(10-5-7-18-9-10)8-11-4-3-6-17-11/h10-11H,3-9,14H2,1-2H3. The molecule has 0 radical (unpaired) electrons. The number of thioether (sulfide) groups is 1. The molecule has 0 bridgehead atoms. The van der Waals surface area contributed by atoms with Gasteiger partial charge in [0.1, 0.15) is 0 Å². The van der Waals surface area contributed by atoms with Gasteiger partial charge in [0.05, 0.1) is 11.6 Å². The molecule has 5 heteroatoms. The SMILES string of the molecule is CC(C)(N)C(=O)N(CC1CCCO1)C1CCSC1. The number of carbonyl (C=O) groups is 1. The quantitative estimate of drug-likeness (QED) is 0.836. The first-order chi connectivity index (χ1) is 8.48. The van der Waals surface area contributed by atoms with E-state index in [1.165, 1.54) is 0 Å². The average molecular weight is 272 g/mol. The van der Waals surface area contributed by atoms with Crippen LogP contribution in [-0.4, -0.2) is 53.1 Å². The van der Waals surface area contributed by atoms with Crippen LogP contribution in [0.25, 0.3) is 0 Å². The van der Waals surface area contributed by atoms with E-state index in [0.29, 0.717) is 12.6 Å². The molecule has 2 aliphatic rings. The molecule has 2 atom stereocenters. The van der Waals surface area contributed by atoms with Crippen LogP contribution in [0.3, 0.4) is 0 Å². The van der Waals surface area contributed by atoms with E-state index in [1.807, 2.05) is 16.7 Å². The van der Waals surface area contributed by atoms with E-state index in [0.717, 1.165) is 37.4 Å². The molecule has 0 aromatic carbocycles. The molecule has 0 aromatic heterocycles. The number of nitrogens with zero attached hydrogens (tertiary/aromatic N) is 1. The number of hydrogen-bond acceptors (Lipinski definition) is 4. The monoisotopic (exact) mass is 272 g/mol. The maximum Gasteiger partial charge on any atom is 0.242 e. The normalized spacial score (nSPS) is 28.6. The van der Waals surface area contributed by atoms with E-state index in [4.69, 9.17) is 10.5 Å². The van der Waals surface area contributed by atoms with E-state index < -0.39 is 5.54 Å². The Hall–Kier alpha value is -0.260. The molecule has 2 aliphatic heterocycles. The van der Waals surface area contributed by atoms with Crippen LogP contribution in [0.15, 0.2) is 0 Å². The first-order valence-electron chi connectivity index (χ1n) is 6.78. The van der Waals surface area contributed by atoms with E-state index in [9.17, 15) is 4.79 Å². The van der Waals surface area contributed by atoms with Gasteiger partial charge in [-0.3, -0.25) is 4.79 Å².